The molecular formula is C17H26N2O4. The van der Waals surface area contributed by atoms with Crippen LogP contribution in [-0.4, -0.2) is 46.8 Å². The van der Waals surface area contributed by atoms with Crippen LogP contribution in [0.15, 0.2) is 30.3 Å². The van der Waals surface area contributed by atoms with E-state index in [0.717, 1.165) is 11.8 Å². The van der Waals surface area contributed by atoms with Gasteiger partial charge in [0.2, 0.25) is 0 Å². The zero-order valence-electron chi connectivity index (χ0n) is 13.8. The number of aliphatic carboxylic acids is 1. The van der Waals surface area contributed by atoms with Gasteiger partial charge in [-0.3, -0.25) is 15.4 Å². The Morgan fingerprint density at radius 2 is 1.78 bits per heavy atom. The van der Waals surface area contributed by atoms with Gasteiger partial charge in [0.05, 0.1) is 18.3 Å². The molecule has 0 aliphatic rings. The van der Waals surface area contributed by atoms with E-state index in [1.165, 1.54) is 0 Å². The number of carboxylic acids is 1. The largest absolute Gasteiger partial charge is 0.480 e. The second kappa shape index (κ2) is 9.39. The van der Waals surface area contributed by atoms with E-state index in [4.69, 9.17) is 0 Å². The van der Waals surface area contributed by atoms with Gasteiger partial charge in [-0.15, -0.1) is 0 Å². The lowest BCUT2D eigenvalue weighted by atomic mass is 9.96. The normalized spacial score (nSPS) is 17.7. The van der Waals surface area contributed by atoms with E-state index in [-0.39, 0.29) is 0 Å². The standard InChI is InChI=1S/C17H26N2O4/c1-11(12(2)21)16(17(22)23)19-13(3)18-15(10-20)9-14-7-5-4-6-8-14/h4-8,10-13,15-16,18-19,21H,9H2,1-3H3,(H,22,23)/t11-,12-,13?,15+,16?/m0/s1. The topological polar surface area (TPSA) is 98.7 Å². The van der Waals surface area contributed by atoms with Crippen LogP contribution in [0.25, 0.3) is 0 Å². The van der Waals surface area contributed by atoms with Crippen molar-refractivity contribution in [3.05, 3.63) is 35.9 Å². The molecule has 5 atom stereocenters. The van der Waals surface area contributed by atoms with Gasteiger partial charge in [0.25, 0.3) is 0 Å². The number of carbonyl (C=O) groups is 2. The fourth-order valence-corrected chi connectivity index (χ4v) is 2.38. The highest BCUT2D eigenvalue weighted by Crippen LogP contribution is 2.10. The van der Waals surface area contributed by atoms with Crippen molar-refractivity contribution >= 4 is 12.3 Å². The van der Waals surface area contributed by atoms with Crippen LogP contribution in [0, 0.1) is 5.92 Å². The number of aliphatic hydroxyl groups excluding tert-OH is 1. The van der Waals surface area contributed by atoms with Gasteiger partial charge in [0, 0.05) is 5.92 Å². The molecule has 0 saturated heterocycles. The van der Waals surface area contributed by atoms with Crippen molar-refractivity contribution < 1.29 is 19.8 Å². The van der Waals surface area contributed by atoms with Crippen LogP contribution in [0.2, 0.25) is 0 Å². The van der Waals surface area contributed by atoms with E-state index in [1.54, 1.807) is 20.8 Å². The third kappa shape index (κ3) is 6.48. The molecule has 128 valence electrons. The molecule has 0 radical (unpaired) electrons. The number of hydrogen-bond donors (Lipinski definition) is 4. The minimum atomic E-state index is -1.03. The first-order valence-electron chi connectivity index (χ1n) is 7.77. The summed E-state index contributed by atoms with van der Waals surface area (Å²) < 4.78 is 0. The van der Waals surface area contributed by atoms with Gasteiger partial charge >= 0.3 is 5.97 Å². The zero-order chi connectivity index (χ0) is 17.4. The smallest absolute Gasteiger partial charge is 0.321 e. The van der Waals surface area contributed by atoms with Crippen LogP contribution >= 0.6 is 0 Å². The van der Waals surface area contributed by atoms with Crippen molar-refractivity contribution in [2.45, 2.75) is 51.5 Å². The summed E-state index contributed by atoms with van der Waals surface area (Å²) in [5.41, 5.74) is 1.02. The van der Waals surface area contributed by atoms with Crippen molar-refractivity contribution in [2.75, 3.05) is 0 Å². The molecule has 0 fully saturated rings. The van der Waals surface area contributed by atoms with E-state index >= 15 is 0 Å². The summed E-state index contributed by atoms with van der Waals surface area (Å²) in [7, 11) is 0. The number of nitrogens with one attached hydrogen (secondary N) is 2. The first-order chi connectivity index (χ1) is 10.8. The number of rotatable bonds is 10. The maximum atomic E-state index is 11.4. The van der Waals surface area contributed by atoms with Gasteiger partial charge in [-0.25, -0.2) is 0 Å². The molecule has 0 aliphatic heterocycles. The predicted molar refractivity (Wildman–Crippen MR) is 88.0 cm³/mol. The van der Waals surface area contributed by atoms with Gasteiger partial charge in [-0.1, -0.05) is 37.3 Å². The molecular weight excluding hydrogens is 296 g/mol. The molecule has 0 aliphatic carbocycles. The summed E-state index contributed by atoms with van der Waals surface area (Å²) in [5.74, 6) is -1.49. The zero-order valence-corrected chi connectivity index (χ0v) is 13.8. The summed E-state index contributed by atoms with van der Waals surface area (Å²) in [6.07, 6.45) is 0.206. The van der Waals surface area contributed by atoms with Gasteiger partial charge in [0.15, 0.2) is 0 Å². The minimum absolute atomic E-state index is 0.392. The number of carboxylic acid groups (broad SMARTS) is 1. The van der Waals surface area contributed by atoms with Gasteiger partial charge in [-0.2, -0.15) is 0 Å². The first kappa shape index (κ1) is 19.3. The number of hydrogen-bond acceptors (Lipinski definition) is 5. The predicted octanol–water partition coefficient (Wildman–Crippen LogP) is 0.792. The van der Waals surface area contributed by atoms with Crippen LogP contribution in [0.1, 0.15) is 26.3 Å². The lowest BCUT2D eigenvalue weighted by Crippen LogP contribution is -2.55. The molecule has 1 aromatic carbocycles. The third-order valence-electron chi connectivity index (χ3n) is 3.91. The number of aliphatic hydroxyl groups is 1. The molecule has 1 rings (SSSR count). The van der Waals surface area contributed by atoms with Crippen LogP contribution in [0.4, 0.5) is 0 Å². The molecule has 0 saturated carbocycles. The highest BCUT2D eigenvalue weighted by molar-refractivity contribution is 5.74. The molecule has 6 nitrogen and oxygen atoms in total. The maximum absolute atomic E-state index is 11.4. The molecule has 2 unspecified atom stereocenters. The van der Waals surface area contributed by atoms with E-state index < -0.39 is 36.2 Å². The molecule has 1 aromatic rings. The quantitative estimate of drug-likeness (QED) is 0.375. The molecule has 4 N–H and O–H groups in total. The third-order valence-corrected chi connectivity index (χ3v) is 3.91. The molecule has 6 heteroatoms. The Balaban J connectivity index is 2.62. The Morgan fingerprint density at radius 1 is 1.17 bits per heavy atom. The van der Waals surface area contributed by atoms with E-state index in [1.807, 2.05) is 30.3 Å². The Labute approximate surface area is 136 Å². The van der Waals surface area contributed by atoms with E-state index in [2.05, 4.69) is 10.6 Å². The monoisotopic (exact) mass is 322 g/mol. The van der Waals surface area contributed by atoms with Crippen molar-refractivity contribution in [2.24, 2.45) is 5.92 Å². The molecule has 0 spiro atoms. The summed E-state index contributed by atoms with van der Waals surface area (Å²) in [6.45, 7) is 4.99. The lowest BCUT2D eigenvalue weighted by molar-refractivity contribution is -0.142. The molecule has 0 amide bonds. The fourth-order valence-electron chi connectivity index (χ4n) is 2.38. The molecule has 0 aromatic heterocycles. The van der Waals surface area contributed by atoms with Crippen molar-refractivity contribution in [3.8, 4) is 0 Å². The Kier molecular flexibility index (Phi) is 7.88. The van der Waals surface area contributed by atoms with E-state index in [0.29, 0.717) is 6.42 Å². The summed E-state index contributed by atoms with van der Waals surface area (Å²) in [4.78, 5) is 22.6. The van der Waals surface area contributed by atoms with Crippen molar-refractivity contribution in [3.63, 3.8) is 0 Å². The summed E-state index contributed by atoms with van der Waals surface area (Å²) in [6, 6.07) is 8.27. The number of carbonyl (C=O) groups excluding carboxylic acids is 1. The van der Waals surface area contributed by atoms with Crippen molar-refractivity contribution in [1.29, 1.82) is 0 Å². The van der Waals surface area contributed by atoms with Gasteiger partial charge in [0.1, 0.15) is 12.3 Å². The first-order valence-corrected chi connectivity index (χ1v) is 7.77. The average Bonchev–Trinajstić information content (AvgIpc) is 2.51. The average molecular weight is 322 g/mol. The van der Waals surface area contributed by atoms with Crippen molar-refractivity contribution in [1.82, 2.24) is 10.6 Å². The van der Waals surface area contributed by atoms with Gasteiger partial charge < -0.3 is 15.0 Å². The number of aldehydes is 1. The Bertz CT molecular complexity index is 493. The Hall–Kier alpha value is -1.76. The highest BCUT2D eigenvalue weighted by Gasteiger charge is 2.29. The second-order valence-electron chi connectivity index (χ2n) is 5.90. The number of benzene rings is 1. The second-order valence-corrected chi connectivity index (χ2v) is 5.90. The summed E-state index contributed by atoms with van der Waals surface area (Å²) in [5, 5.41) is 24.9. The van der Waals surface area contributed by atoms with Crippen LogP contribution < -0.4 is 10.6 Å². The SMILES string of the molecule is CC(NC(C(=O)O)[C@@H](C)[C@H](C)O)N[C@@H](C=O)Cc1ccccc1. The lowest BCUT2D eigenvalue weighted by Gasteiger charge is -2.28. The fraction of sp³-hybridized carbons (Fsp3) is 0.529. The van der Waals surface area contributed by atoms with E-state index in [9.17, 15) is 19.8 Å². The molecule has 0 bridgehead atoms. The van der Waals surface area contributed by atoms with Crippen LogP contribution in [-0.2, 0) is 16.0 Å². The van der Waals surface area contributed by atoms with Gasteiger partial charge in [-0.05, 0) is 25.8 Å². The maximum Gasteiger partial charge on any atom is 0.321 e. The van der Waals surface area contributed by atoms with Crippen LogP contribution in [0.5, 0.6) is 0 Å². The summed E-state index contributed by atoms with van der Waals surface area (Å²) >= 11 is 0. The molecule has 23 heavy (non-hydrogen) atoms. The molecule has 0 heterocycles. The van der Waals surface area contributed by atoms with Crippen LogP contribution in [0.3, 0.4) is 0 Å². The Morgan fingerprint density at radius 3 is 2.26 bits per heavy atom. The highest BCUT2D eigenvalue weighted by atomic mass is 16.4. The minimum Gasteiger partial charge on any atom is -0.480 e.